The molecule has 0 spiro atoms. The zero-order chi connectivity index (χ0) is 15.7. The Labute approximate surface area is 126 Å². The Kier molecular flexibility index (Phi) is 7.27. The molecular formula is C16H23N3O2. The van der Waals surface area contributed by atoms with Gasteiger partial charge in [0.1, 0.15) is 5.75 Å². The highest BCUT2D eigenvalue weighted by Crippen LogP contribution is 2.18. The van der Waals surface area contributed by atoms with Gasteiger partial charge in [-0.2, -0.15) is 0 Å². The summed E-state index contributed by atoms with van der Waals surface area (Å²) in [4.78, 5) is 16.2. The maximum atomic E-state index is 11.8. The van der Waals surface area contributed by atoms with Crippen LogP contribution in [0.1, 0.15) is 31.7 Å². The third-order valence-corrected chi connectivity index (χ3v) is 2.83. The van der Waals surface area contributed by atoms with E-state index in [0.717, 1.165) is 24.4 Å². The predicted molar refractivity (Wildman–Crippen MR) is 82.9 cm³/mol. The van der Waals surface area contributed by atoms with Gasteiger partial charge < -0.3 is 15.4 Å². The maximum absolute atomic E-state index is 11.8. The SMILES string of the molecule is C#CCNC(=O)C(C)Oc1ccc(C)nc1CNCCC. The summed E-state index contributed by atoms with van der Waals surface area (Å²) in [7, 11) is 0. The molecule has 1 atom stereocenters. The lowest BCUT2D eigenvalue weighted by molar-refractivity contribution is -0.127. The van der Waals surface area contributed by atoms with Gasteiger partial charge >= 0.3 is 0 Å². The Morgan fingerprint density at radius 2 is 2.29 bits per heavy atom. The standard InChI is InChI=1S/C16H23N3O2/c1-5-9-17-11-14-15(8-7-12(3)19-14)21-13(4)16(20)18-10-6-2/h2,7-8,13,17H,5,9-11H2,1,3-4H3,(H,18,20). The molecule has 1 aromatic heterocycles. The summed E-state index contributed by atoms with van der Waals surface area (Å²) in [6.45, 7) is 7.44. The third kappa shape index (κ3) is 5.84. The molecule has 0 aromatic carbocycles. The van der Waals surface area contributed by atoms with Crippen LogP contribution in [-0.2, 0) is 11.3 Å². The van der Waals surface area contributed by atoms with E-state index in [4.69, 9.17) is 11.2 Å². The molecule has 0 radical (unpaired) electrons. The lowest BCUT2D eigenvalue weighted by atomic mass is 10.2. The zero-order valence-electron chi connectivity index (χ0n) is 12.9. The average molecular weight is 289 g/mol. The number of ether oxygens (including phenoxy) is 1. The van der Waals surface area contributed by atoms with Crippen molar-refractivity contribution in [1.82, 2.24) is 15.6 Å². The van der Waals surface area contributed by atoms with E-state index in [9.17, 15) is 4.79 Å². The number of aromatic nitrogens is 1. The van der Waals surface area contributed by atoms with Crippen molar-refractivity contribution in [2.75, 3.05) is 13.1 Å². The molecule has 1 amide bonds. The highest BCUT2D eigenvalue weighted by Gasteiger charge is 2.16. The van der Waals surface area contributed by atoms with Crippen molar-refractivity contribution in [2.45, 2.75) is 39.8 Å². The number of pyridine rings is 1. The van der Waals surface area contributed by atoms with Gasteiger partial charge in [-0.3, -0.25) is 9.78 Å². The number of carbonyl (C=O) groups is 1. The van der Waals surface area contributed by atoms with Crippen molar-refractivity contribution < 1.29 is 9.53 Å². The van der Waals surface area contributed by atoms with Crippen LogP contribution in [0.2, 0.25) is 0 Å². The van der Waals surface area contributed by atoms with Crippen molar-refractivity contribution >= 4 is 5.91 Å². The predicted octanol–water partition coefficient (Wildman–Crippen LogP) is 1.41. The smallest absolute Gasteiger partial charge is 0.261 e. The van der Waals surface area contributed by atoms with Crippen LogP contribution in [0.25, 0.3) is 0 Å². The minimum absolute atomic E-state index is 0.198. The molecule has 1 aromatic rings. The first-order chi connectivity index (χ1) is 10.1. The lowest BCUT2D eigenvalue weighted by Gasteiger charge is -2.17. The van der Waals surface area contributed by atoms with Crippen LogP contribution in [0.5, 0.6) is 5.75 Å². The number of aryl methyl sites for hydroxylation is 1. The van der Waals surface area contributed by atoms with E-state index in [-0.39, 0.29) is 12.5 Å². The fourth-order valence-corrected chi connectivity index (χ4v) is 1.74. The molecule has 5 nitrogen and oxygen atoms in total. The highest BCUT2D eigenvalue weighted by molar-refractivity contribution is 5.80. The number of nitrogens with one attached hydrogen (secondary N) is 2. The minimum atomic E-state index is -0.618. The van der Waals surface area contributed by atoms with E-state index in [1.807, 2.05) is 19.1 Å². The molecule has 0 aliphatic rings. The molecule has 2 N–H and O–H groups in total. The second-order valence-electron chi connectivity index (χ2n) is 4.76. The highest BCUT2D eigenvalue weighted by atomic mass is 16.5. The zero-order valence-corrected chi connectivity index (χ0v) is 12.9. The first-order valence-corrected chi connectivity index (χ1v) is 7.13. The number of hydrogen-bond acceptors (Lipinski definition) is 4. The van der Waals surface area contributed by atoms with Crippen molar-refractivity contribution in [3.8, 4) is 18.1 Å². The molecule has 0 aliphatic heterocycles. The van der Waals surface area contributed by atoms with Crippen LogP contribution in [0.3, 0.4) is 0 Å². The van der Waals surface area contributed by atoms with Crippen molar-refractivity contribution in [1.29, 1.82) is 0 Å². The first-order valence-electron chi connectivity index (χ1n) is 7.13. The van der Waals surface area contributed by atoms with Crippen LogP contribution < -0.4 is 15.4 Å². The number of carbonyl (C=O) groups excluding carboxylic acids is 1. The first kappa shape index (κ1) is 17.0. The van der Waals surface area contributed by atoms with E-state index in [2.05, 4.69) is 28.5 Å². The molecule has 0 saturated heterocycles. The lowest BCUT2D eigenvalue weighted by Crippen LogP contribution is -2.36. The van der Waals surface area contributed by atoms with Gasteiger partial charge in [-0.15, -0.1) is 6.42 Å². The monoisotopic (exact) mass is 289 g/mol. The summed E-state index contributed by atoms with van der Waals surface area (Å²) < 4.78 is 5.71. The molecule has 0 bridgehead atoms. The van der Waals surface area contributed by atoms with Crippen molar-refractivity contribution in [2.24, 2.45) is 0 Å². The van der Waals surface area contributed by atoms with Crippen LogP contribution in [-0.4, -0.2) is 30.1 Å². The van der Waals surface area contributed by atoms with Gasteiger partial charge in [0.2, 0.25) is 0 Å². The van der Waals surface area contributed by atoms with Crippen LogP contribution in [0.15, 0.2) is 12.1 Å². The summed E-state index contributed by atoms with van der Waals surface area (Å²) in [5, 5.41) is 5.89. The summed E-state index contributed by atoms with van der Waals surface area (Å²) in [6, 6.07) is 3.71. The Bertz CT molecular complexity index is 509. The molecule has 21 heavy (non-hydrogen) atoms. The van der Waals surface area contributed by atoms with E-state index >= 15 is 0 Å². The van der Waals surface area contributed by atoms with Gasteiger partial charge in [-0.05, 0) is 38.9 Å². The Morgan fingerprint density at radius 3 is 2.95 bits per heavy atom. The van der Waals surface area contributed by atoms with E-state index < -0.39 is 6.10 Å². The van der Waals surface area contributed by atoms with Crippen LogP contribution in [0, 0.1) is 19.3 Å². The third-order valence-electron chi connectivity index (χ3n) is 2.83. The number of rotatable bonds is 8. The number of nitrogens with zero attached hydrogens (tertiary/aromatic N) is 1. The molecule has 1 rings (SSSR count). The molecule has 0 fully saturated rings. The molecule has 114 valence electrons. The van der Waals surface area contributed by atoms with E-state index in [1.54, 1.807) is 6.92 Å². The molecule has 1 unspecified atom stereocenters. The van der Waals surface area contributed by atoms with Crippen LogP contribution in [0.4, 0.5) is 0 Å². The average Bonchev–Trinajstić information content (AvgIpc) is 2.47. The Balaban J connectivity index is 2.72. The summed E-state index contributed by atoms with van der Waals surface area (Å²) >= 11 is 0. The fraction of sp³-hybridized carbons (Fsp3) is 0.500. The van der Waals surface area contributed by atoms with E-state index in [1.165, 1.54) is 0 Å². The molecule has 5 heteroatoms. The molecule has 0 saturated carbocycles. The number of amides is 1. The molecular weight excluding hydrogens is 266 g/mol. The van der Waals surface area contributed by atoms with Gasteiger partial charge in [0.25, 0.3) is 5.91 Å². The molecule has 1 heterocycles. The molecule has 0 aliphatic carbocycles. The second-order valence-corrected chi connectivity index (χ2v) is 4.76. The largest absolute Gasteiger partial charge is 0.479 e. The number of terminal acetylenes is 1. The quantitative estimate of drug-likeness (QED) is 0.561. The van der Waals surface area contributed by atoms with Gasteiger partial charge in [-0.25, -0.2) is 0 Å². The maximum Gasteiger partial charge on any atom is 0.261 e. The van der Waals surface area contributed by atoms with Gasteiger partial charge in [-0.1, -0.05) is 12.8 Å². The van der Waals surface area contributed by atoms with Crippen molar-refractivity contribution in [3.63, 3.8) is 0 Å². The van der Waals surface area contributed by atoms with Crippen LogP contribution >= 0.6 is 0 Å². The topological polar surface area (TPSA) is 63.2 Å². The fourth-order valence-electron chi connectivity index (χ4n) is 1.74. The minimum Gasteiger partial charge on any atom is -0.479 e. The summed E-state index contributed by atoms with van der Waals surface area (Å²) in [5.41, 5.74) is 1.72. The van der Waals surface area contributed by atoms with Gasteiger partial charge in [0.05, 0.1) is 12.2 Å². The van der Waals surface area contributed by atoms with E-state index in [0.29, 0.717) is 12.3 Å². The summed E-state index contributed by atoms with van der Waals surface area (Å²) in [6.07, 6.45) is 5.55. The van der Waals surface area contributed by atoms with Gasteiger partial charge in [0, 0.05) is 12.2 Å². The summed E-state index contributed by atoms with van der Waals surface area (Å²) in [5.74, 6) is 2.74. The van der Waals surface area contributed by atoms with Gasteiger partial charge in [0.15, 0.2) is 6.10 Å². The number of hydrogen-bond donors (Lipinski definition) is 2. The Hall–Kier alpha value is -2.06. The van der Waals surface area contributed by atoms with Crippen molar-refractivity contribution in [3.05, 3.63) is 23.5 Å². The second kappa shape index (κ2) is 8.98. The normalized spacial score (nSPS) is 11.5. The Morgan fingerprint density at radius 1 is 1.52 bits per heavy atom.